The number of benzene rings is 2. The maximum atomic E-state index is 14.0. The monoisotopic (exact) mass is 383 g/mol. The van der Waals surface area contributed by atoms with Crippen LogP contribution in [0.25, 0.3) is 0 Å². The van der Waals surface area contributed by atoms with Crippen LogP contribution in [0, 0.1) is 32.4 Å². The Bertz CT molecular complexity index is 1010. The number of aromatic nitrogens is 2. The number of carbonyl (C=O) groups excluding carboxylic acids is 1. The van der Waals surface area contributed by atoms with E-state index in [9.17, 15) is 13.6 Å². The number of aryl methyl sites for hydroxylation is 2. The minimum absolute atomic E-state index is 0.233. The summed E-state index contributed by atoms with van der Waals surface area (Å²) in [5.41, 5.74) is 4.32. The minimum Gasteiger partial charge on any atom is -0.345 e. The highest BCUT2D eigenvalue weighted by Crippen LogP contribution is 2.20. The summed E-state index contributed by atoms with van der Waals surface area (Å²) in [6.07, 6.45) is 0. The zero-order valence-electron chi connectivity index (χ0n) is 16.4. The summed E-state index contributed by atoms with van der Waals surface area (Å²) in [5.74, 6) is -1.67. The Balaban J connectivity index is 1.80. The van der Waals surface area contributed by atoms with Gasteiger partial charge in [0, 0.05) is 17.3 Å². The molecule has 0 saturated carbocycles. The molecule has 3 rings (SSSR count). The second kappa shape index (κ2) is 7.92. The van der Waals surface area contributed by atoms with Crippen LogP contribution in [-0.2, 0) is 6.54 Å². The zero-order chi connectivity index (χ0) is 20.4. The lowest BCUT2D eigenvalue weighted by Gasteiger charge is -2.15. The molecule has 6 heteroatoms. The van der Waals surface area contributed by atoms with Crippen LogP contribution in [-0.4, -0.2) is 15.7 Å². The third-order valence-electron chi connectivity index (χ3n) is 4.84. The summed E-state index contributed by atoms with van der Waals surface area (Å²) in [6, 6.07) is 10.9. The van der Waals surface area contributed by atoms with Gasteiger partial charge >= 0.3 is 0 Å². The average Bonchev–Trinajstić information content (AvgIpc) is 2.90. The molecule has 1 aromatic heterocycles. The van der Waals surface area contributed by atoms with Gasteiger partial charge < -0.3 is 5.32 Å². The molecule has 1 atom stereocenters. The summed E-state index contributed by atoms with van der Waals surface area (Å²) in [6.45, 7) is 7.86. The normalized spacial score (nSPS) is 12.1. The predicted molar refractivity (Wildman–Crippen MR) is 104 cm³/mol. The smallest absolute Gasteiger partial charge is 0.255 e. The lowest BCUT2D eigenvalue weighted by atomic mass is 10.1. The van der Waals surface area contributed by atoms with E-state index in [1.807, 2.05) is 38.1 Å². The van der Waals surface area contributed by atoms with Crippen LogP contribution in [0.5, 0.6) is 0 Å². The van der Waals surface area contributed by atoms with Gasteiger partial charge in [-0.3, -0.25) is 9.48 Å². The number of rotatable bonds is 5. The molecule has 0 aliphatic carbocycles. The van der Waals surface area contributed by atoms with E-state index in [-0.39, 0.29) is 11.5 Å². The van der Waals surface area contributed by atoms with E-state index in [0.717, 1.165) is 17.3 Å². The maximum Gasteiger partial charge on any atom is 0.255 e. The van der Waals surface area contributed by atoms with Crippen LogP contribution in [0.1, 0.15) is 51.4 Å². The lowest BCUT2D eigenvalue weighted by Crippen LogP contribution is -2.28. The molecule has 0 bridgehead atoms. The van der Waals surface area contributed by atoms with Crippen molar-refractivity contribution in [3.8, 4) is 0 Å². The molecule has 0 aliphatic heterocycles. The van der Waals surface area contributed by atoms with Crippen molar-refractivity contribution in [3.05, 3.63) is 87.7 Å². The van der Waals surface area contributed by atoms with Crippen LogP contribution < -0.4 is 5.32 Å². The van der Waals surface area contributed by atoms with Crippen molar-refractivity contribution in [2.45, 2.75) is 40.3 Å². The number of carbonyl (C=O) groups is 1. The summed E-state index contributed by atoms with van der Waals surface area (Å²) in [7, 11) is 0. The Hall–Kier alpha value is -3.02. The first kappa shape index (κ1) is 19.7. The fraction of sp³-hybridized carbons (Fsp3) is 0.273. The van der Waals surface area contributed by atoms with Gasteiger partial charge in [-0.15, -0.1) is 0 Å². The Morgan fingerprint density at radius 1 is 1.11 bits per heavy atom. The second-order valence-electron chi connectivity index (χ2n) is 7.05. The first-order valence-electron chi connectivity index (χ1n) is 9.11. The van der Waals surface area contributed by atoms with Gasteiger partial charge in [0.15, 0.2) is 0 Å². The molecule has 0 saturated heterocycles. The van der Waals surface area contributed by atoms with E-state index in [2.05, 4.69) is 10.4 Å². The van der Waals surface area contributed by atoms with Gasteiger partial charge in [-0.1, -0.05) is 35.9 Å². The van der Waals surface area contributed by atoms with Crippen molar-refractivity contribution < 1.29 is 13.6 Å². The maximum absolute atomic E-state index is 14.0. The minimum atomic E-state index is -0.684. The molecule has 0 radical (unpaired) electrons. The molecular weight excluding hydrogens is 360 g/mol. The third kappa shape index (κ3) is 4.11. The highest BCUT2D eigenvalue weighted by Gasteiger charge is 2.22. The van der Waals surface area contributed by atoms with Crippen molar-refractivity contribution in [2.24, 2.45) is 0 Å². The lowest BCUT2D eigenvalue weighted by molar-refractivity contribution is 0.0938. The van der Waals surface area contributed by atoms with Crippen LogP contribution in [0.3, 0.4) is 0 Å². The van der Waals surface area contributed by atoms with Crippen LogP contribution >= 0.6 is 0 Å². The molecule has 4 nitrogen and oxygen atoms in total. The van der Waals surface area contributed by atoms with Crippen LogP contribution in [0.15, 0.2) is 42.5 Å². The SMILES string of the molecule is Cc1ccc(Cn2nc(C)c(C(=O)NC(C)c3ccc(F)cc3F)c2C)cc1. The Labute approximate surface area is 163 Å². The predicted octanol–water partition coefficient (Wildman–Crippen LogP) is 4.63. The van der Waals surface area contributed by atoms with Crippen molar-refractivity contribution in [1.29, 1.82) is 0 Å². The molecule has 0 aliphatic rings. The van der Waals surface area contributed by atoms with Crippen molar-refractivity contribution in [1.82, 2.24) is 15.1 Å². The first-order chi connectivity index (χ1) is 13.3. The van der Waals surface area contributed by atoms with Gasteiger partial charge in [-0.25, -0.2) is 8.78 Å². The number of hydrogen-bond acceptors (Lipinski definition) is 2. The van der Waals surface area contributed by atoms with E-state index in [0.29, 0.717) is 17.8 Å². The molecule has 0 fully saturated rings. The average molecular weight is 383 g/mol. The topological polar surface area (TPSA) is 46.9 Å². The number of nitrogens with one attached hydrogen (secondary N) is 1. The van der Waals surface area contributed by atoms with Crippen molar-refractivity contribution in [3.63, 3.8) is 0 Å². The number of halogens is 2. The molecule has 0 spiro atoms. The zero-order valence-corrected chi connectivity index (χ0v) is 16.4. The molecule has 1 amide bonds. The standard InChI is InChI=1S/C22H23F2N3O/c1-13-5-7-17(8-6-13)12-27-16(4)21(15(3)26-27)22(28)25-14(2)19-10-9-18(23)11-20(19)24/h5-11,14H,12H2,1-4H3,(H,25,28). The van der Waals surface area contributed by atoms with Gasteiger partial charge in [-0.2, -0.15) is 5.10 Å². The van der Waals surface area contributed by atoms with Crippen molar-refractivity contribution >= 4 is 5.91 Å². The molecule has 1 unspecified atom stereocenters. The summed E-state index contributed by atoms with van der Waals surface area (Å²) in [5, 5.41) is 7.27. The third-order valence-corrected chi connectivity index (χ3v) is 4.84. The summed E-state index contributed by atoms with van der Waals surface area (Å²) in [4.78, 5) is 12.8. The van der Waals surface area contributed by atoms with E-state index in [1.54, 1.807) is 18.5 Å². The molecule has 3 aromatic rings. The quantitative estimate of drug-likeness (QED) is 0.698. The van der Waals surface area contributed by atoms with Crippen molar-refractivity contribution in [2.75, 3.05) is 0 Å². The Morgan fingerprint density at radius 2 is 1.79 bits per heavy atom. The van der Waals surface area contributed by atoms with Gasteiger partial charge in [0.05, 0.1) is 23.8 Å². The second-order valence-corrected chi connectivity index (χ2v) is 7.05. The fourth-order valence-electron chi connectivity index (χ4n) is 3.25. The van der Waals surface area contributed by atoms with Gasteiger partial charge in [0.2, 0.25) is 0 Å². The van der Waals surface area contributed by atoms with E-state index < -0.39 is 17.7 Å². The Kier molecular flexibility index (Phi) is 5.58. The van der Waals surface area contributed by atoms with Gasteiger partial charge in [0.25, 0.3) is 5.91 Å². The number of nitrogens with zero attached hydrogens (tertiary/aromatic N) is 2. The highest BCUT2D eigenvalue weighted by molar-refractivity contribution is 5.96. The van der Waals surface area contributed by atoms with E-state index in [1.165, 1.54) is 17.7 Å². The fourth-order valence-corrected chi connectivity index (χ4v) is 3.25. The van der Waals surface area contributed by atoms with Gasteiger partial charge in [0.1, 0.15) is 11.6 Å². The molecular formula is C22H23F2N3O. The molecule has 1 heterocycles. The first-order valence-corrected chi connectivity index (χ1v) is 9.11. The van der Waals surface area contributed by atoms with E-state index >= 15 is 0 Å². The van der Waals surface area contributed by atoms with Gasteiger partial charge in [-0.05, 0) is 39.3 Å². The van der Waals surface area contributed by atoms with Crippen LogP contribution in [0.4, 0.5) is 8.78 Å². The molecule has 1 N–H and O–H groups in total. The van der Waals surface area contributed by atoms with E-state index in [4.69, 9.17) is 0 Å². The molecule has 28 heavy (non-hydrogen) atoms. The molecule has 146 valence electrons. The van der Waals surface area contributed by atoms with Crippen LogP contribution in [0.2, 0.25) is 0 Å². The summed E-state index contributed by atoms with van der Waals surface area (Å²) >= 11 is 0. The number of amides is 1. The number of hydrogen-bond donors (Lipinski definition) is 1. The summed E-state index contributed by atoms with van der Waals surface area (Å²) < 4.78 is 28.9. The molecule has 2 aromatic carbocycles. The highest BCUT2D eigenvalue weighted by atomic mass is 19.1. The Morgan fingerprint density at radius 3 is 2.43 bits per heavy atom. The largest absolute Gasteiger partial charge is 0.345 e.